The van der Waals surface area contributed by atoms with Crippen LogP contribution in [0.15, 0.2) is 30.3 Å². The van der Waals surface area contributed by atoms with E-state index in [1.54, 1.807) is 18.2 Å². The first-order valence-electron chi connectivity index (χ1n) is 6.33. The first kappa shape index (κ1) is 14.2. The number of amides is 1. The van der Waals surface area contributed by atoms with Crippen molar-refractivity contribution in [1.82, 2.24) is 0 Å². The van der Waals surface area contributed by atoms with Crippen molar-refractivity contribution >= 4 is 40.5 Å². The van der Waals surface area contributed by atoms with Crippen LogP contribution < -0.4 is 10.6 Å². The summed E-state index contributed by atoms with van der Waals surface area (Å²) >= 11 is 11.9. The van der Waals surface area contributed by atoms with Crippen LogP contribution in [0.5, 0.6) is 0 Å². The topological polar surface area (TPSA) is 41.1 Å². The molecule has 2 aromatic carbocycles. The molecule has 0 saturated heterocycles. The smallest absolute Gasteiger partial charge is 0.228 e. The van der Waals surface area contributed by atoms with Crippen molar-refractivity contribution in [2.75, 3.05) is 10.6 Å². The van der Waals surface area contributed by atoms with E-state index in [4.69, 9.17) is 23.2 Å². The Balaban J connectivity index is 1.78. The summed E-state index contributed by atoms with van der Waals surface area (Å²) in [6, 6.07) is 8.12. The zero-order valence-corrected chi connectivity index (χ0v) is 12.4. The van der Waals surface area contributed by atoms with Gasteiger partial charge in [-0.1, -0.05) is 29.3 Å². The fourth-order valence-electron chi connectivity index (χ4n) is 2.23. The third kappa shape index (κ3) is 2.96. The highest BCUT2D eigenvalue weighted by molar-refractivity contribution is 6.33. The molecule has 6 heteroatoms. The van der Waals surface area contributed by atoms with Crippen LogP contribution in [0.2, 0.25) is 10.0 Å². The van der Waals surface area contributed by atoms with Crippen molar-refractivity contribution in [3.8, 4) is 0 Å². The van der Waals surface area contributed by atoms with Gasteiger partial charge in [0, 0.05) is 12.2 Å². The normalized spacial score (nSPS) is 13.0. The van der Waals surface area contributed by atoms with Crippen LogP contribution >= 0.6 is 23.2 Å². The molecule has 0 saturated carbocycles. The van der Waals surface area contributed by atoms with Gasteiger partial charge in [-0.2, -0.15) is 0 Å². The fourth-order valence-corrected chi connectivity index (χ4v) is 2.66. The van der Waals surface area contributed by atoms with Crippen LogP contribution in [-0.4, -0.2) is 5.91 Å². The van der Waals surface area contributed by atoms with Crippen LogP contribution in [0, 0.1) is 5.82 Å². The fraction of sp³-hybridized carbons (Fsp3) is 0.133. The van der Waals surface area contributed by atoms with E-state index in [2.05, 4.69) is 10.6 Å². The van der Waals surface area contributed by atoms with Gasteiger partial charge in [-0.3, -0.25) is 4.79 Å². The molecule has 108 valence electrons. The van der Waals surface area contributed by atoms with Gasteiger partial charge >= 0.3 is 0 Å². The molecule has 3 nitrogen and oxygen atoms in total. The van der Waals surface area contributed by atoms with Crippen molar-refractivity contribution in [3.63, 3.8) is 0 Å². The Morgan fingerprint density at radius 2 is 2.00 bits per heavy atom. The molecule has 2 aromatic rings. The highest BCUT2D eigenvalue weighted by Gasteiger charge is 2.19. The maximum atomic E-state index is 13.1. The molecule has 2 N–H and O–H groups in total. The van der Waals surface area contributed by atoms with Crippen molar-refractivity contribution in [1.29, 1.82) is 0 Å². The molecule has 0 bridgehead atoms. The van der Waals surface area contributed by atoms with Gasteiger partial charge in [0.05, 0.1) is 22.2 Å². The first-order valence-corrected chi connectivity index (χ1v) is 7.08. The highest BCUT2D eigenvalue weighted by atomic mass is 35.5. The number of hydrogen-bond acceptors (Lipinski definition) is 2. The van der Waals surface area contributed by atoms with Crippen LogP contribution in [0.3, 0.4) is 0 Å². The minimum absolute atomic E-state index is 0.0384. The second-order valence-corrected chi connectivity index (χ2v) is 5.63. The molecule has 0 atom stereocenters. The van der Waals surface area contributed by atoms with E-state index in [0.717, 1.165) is 22.5 Å². The Morgan fingerprint density at radius 3 is 2.76 bits per heavy atom. The number of rotatable bonds is 3. The SMILES string of the molecule is O=C1Cc2cc(NCc3ccc(F)c(Cl)c3)c(Cl)cc2N1. The minimum Gasteiger partial charge on any atom is -0.380 e. The summed E-state index contributed by atoms with van der Waals surface area (Å²) in [5, 5.41) is 6.52. The molecule has 21 heavy (non-hydrogen) atoms. The summed E-state index contributed by atoms with van der Waals surface area (Å²) in [4.78, 5) is 11.3. The Labute approximate surface area is 131 Å². The van der Waals surface area contributed by atoms with Crippen LogP contribution in [0.4, 0.5) is 15.8 Å². The van der Waals surface area contributed by atoms with Crippen LogP contribution in [0.1, 0.15) is 11.1 Å². The predicted octanol–water partition coefficient (Wildman–Crippen LogP) is 4.24. The van der Waals surface area contributed by atoms with Gasteiger partial charge < -0.3 is 10.6 Å². The Bertz CT molecular complexity index is 734. The molecular formula is C15H11Cl2FN2O. The maximum Gasteiger partial charge on any atom is 0.228 e. The molecule has 0 aromatic heterocycles. The summed E-state index contributed by atoms with van der Waals surface area (Å²) in [5.74, 6) is -0.482. The third-order valence-corrected chi connectivity index (χ3v) is 3.89. The van der Waals surface area contributed by atoms with Crippen LogP contribution in [0.25, 0.3) is 0 Å². The van der Waals surface area contributed by atoms with Gasteiger partial charge in [-0.25, -0.2) is 4.39 Å². The number of carbonyl (C=O) groups is 1. The van der Waals surface area contributed by atoms with E-state index < -0.39 is 5.82 Å². The molecule has 1 aliphatic rings. The highest BCUT2D eigenvalue weighted by Crippen LogP contribution is 2.33. The lowest BCUT2D eigenvalue weighted by atomic mass is 10.1. The van der Waals surface area contributed by atoms with E-state index in [1.165, 1.54) is 6.07 Å². The quantitative estimate of drug-likeness (QED) is 0.886. The molecule has 0 aliphatic carbocycles. The predicted molar refractivity (Wildman–Crippen MR) is 82.5 cm³/mol. The molecule has 3 rings (SSSR count). The van der Waals surface area contributed by atoms with E-state index in [-0.39, 0.29) is 10.9 Å². The van der Waals surface area contributed by atoms with Crippen molar-refractivity contribution in [2.45, 2.75) is 13.0 Å². The second kappa shape index (κ2) is 5.54. The van der Waals surface area contributed by atoms with Crippen LogP contribution in [-0.2, 0) is 17.8 Å². The monoisotopic (exact) mass is 324 g/mol. The van der Waals surface area contributed by atoms with Gasteiger partial charge in [-0.05, 0) is 35.4 Å². The average Bonchev–Trinajstić information content (AvgIpc) is 2.79. The Kier molecular flexibility index (Phi) is 3.74. The van der Waals surface area contributed by atoms with Crippen molar-refractivity contribution in [2.24, 2.45) is 0 Å². The number of hydrogen-bond donors (Lipinski definition) is 2. The molecule has 1 heterocycles. The Hall–Kier alpha value is -1.78. The first-order chi connectivity index (χ1) is 10.0. The third-order valence-electron chi connectivity index (χ3n) is 3.28. The van der Waals surface area contributed by atoms with E-state index in [1.807, 2.05) is 6.07 Å². The van der Waals surface area contributed by atoms with E-state index in [0.29, 0.717) is 18.0 Å². The summed E-state index contributed by atoms with van der Waals surface area (Å²) < 4.78 is 13.1. The molecule has 0 fully saturated rings. The Morgan fingerprint density at radius 1 is 1.19 bits per heavy atom. The lowest BCUT2D eigenvalue weighted by molar-refractivity contribution is -0.115. The van der Waals surface area contributed by atoms with Gasteiger partial charge in [0.15, 0.2) is 0 Å². The number of anilines is 2. The molecule has 1 aliphatic heterocycles. The molecule has 0 unspecified atom stereocenters. The molecule has 0 spiro atoms. The van der Waals surface area contributed by atoms with Gasteiger partial charge in [0.2, 0.25) is 5.91 Å². The van der Waals surface area contributed by atoms with Gasteiger partial charge in [0.1, 0.15) is 5.82 Å². The summed E-state index contributed by atoms with van der Waals surface area (Å²) in [6.07, 6.45) is 0.351. The summed E-state index contributed by atoms with van der Waals surface area (Å²) in [5.41, 5.74) is 3.23. The summed E-state index contributed by atoms with van der Waals surface area (Å²) in [6.45, 7) is 0.458. The second-order valence-electron chi connectivity index (χ2n) is 4.82. The maximum absolute atomic E-state index is 13.1. The van der Waals surface area contributed by atoms with E-state index >= 15 is 0 Å². The summed E-state index contributed by atoms with van der Waals surface area (Å²) in [7, 11) is 0. The van der Waals surface area contributed by atoms with Gasteiger partial charge in [0.25, 0.3) is 0 Å². The zero-order valence-electron chi connectivity index (χ0n) is 10.8. The average molecular weight is 325 g/mol. The van der Waals surface area contributed by atoms with Crippen molar-refractivity contribution < 1.29 is 9.18 Å². The lowest BCUT2D eigenvalue weighted by Gasteiger charge is -2.11. The number of fused-ring (bicyclic) bond motifs is 1. The minimum atomic E-state index is -0.444. The van der Waals surface area contributed by atoms with Gasteiger partial charge in [-0.15, -0.1) is 0 Å². The molecule has 1 amide bonds. The number of nitrogens with one attached hydrogen (secondary N) is 2. The van der Waals surface area contributed by atoms with E-state index in [9.17, 15) is 9.18 Å². The molecule has 0 radical (unpaired) electrons. The molecular weight excluding hydrogens is 314 g/mol. The number of halogens is 3. The van der Waals surface area contributed by atoms with Crippen molar-refractivity contribution in [3.05, 3.63) is 57.3 Å². The largest absolute Gasteiger partial charge is 0.380 e. The number of carbonyl (C=O) groups excluding carboxylic acids is 1. The standard InChI is InChI=1S/C15H11Cl2FN2O/c16-10-3-8(1-2-12(10)18)7-19-14-4-9-5-15(21)20-13(9)6-11(14)17/h1-4,6,19H,5,7H2,(H,20,21). The zero-order chi connectivity index (χ0) is 15.0. The lowest BCUT2D eigenvalue weighted by Crippen LogP contribution is -2.03. The number of benzene rings is 2.